The molecule has 0 aliphatic heterocycles. The van der Waals surface area contributed by atoms with E-state index < -0.39 is 22.9 Å². The minimum absolute atomic E-state index is 0.186. The van der Waals surface area contributed by atoms with E-state index in [0.29, 0.717) is 5.69 Å². The zero-order valence-electron chi connectivity index (χ0n) is 14.7. The Labute approximate surface area is 153 Å². The minimum atomic E-state index is -0.837. The molecule has 2 N–H and O–H groups in total. The van der Waals surface area contributed by atoms with Crippen molar-refractivity contribution in [2.45, 2.75) is 0 Å². The van der Waals surface area contributed by atoms with Crippen molar-refractivity contribution < 1.29 is 9.50 Å². The largest absolute Gasteiger partial charge is 0.493 e. The maximum absolute atomic E-state index is 13.1. The molecule has 0 fully saturated rings. The average molecular weight is 368 g/mol. The van der Waals surface area contributed by atoms with Crippen LogP contribution in [0.5, 0.6) is 5.88 Å². The van der Waals surface area contributed by atoms with Crippen molar-refractivity contribution >= 4 is 17.6 Å². The summed E-state index contributed by atoms with van der Waals surface area (Å²) in [7, 11) is 3.77. The van der Waals surface area contributed by atoms with Crippen LogP contribution < -0.4 is 16.1 Å². The molecule has 0 amide bonds. The molecule has 0 saturated carbocycles. The zero-order chi connectivity index (χ0) is 19.6. The van der Waals surface area contributed by atoms with Crippen molar-refractivity contribution in [2.75, 3.05) is 19.0 Å². The maximum Gasteiger partial charge on any atom is 0.335 e. The van der Waals surface area contributed by atoms with Crippen LogP contribution in [0, 0.1) is 5.82 Å². The Hall–Kier alpha value is -3.68. The SMILES string of the molecule is CN(C)c1cccc(N=Cc2c(O)n(-c3ccc(F)cc3)c(=O)[nH]c2=O)c1. The van der Waals surface area contributed by atoms with E-state index in [9.17, 15) is 19.1 Å². The molecule has 27 heavy (non-hydrogen) atoms. The van der Waals surface area contributed by atoms with Gasteiger partial charge < -0.3 is 10.0 Å². The monoisotopic (exact) mass is 368 g/mol. The lowest BCUT2D eigenvalue weighted by atomic mass is 10.2. The van der Waals surface area contributed by atoms with Crippen LogP contribution in [0.1, 0.15) is 5.56 Å². The van der Waals surface area contributed by atoms with Crippen LogP contribution in [-0.4, -0.2) is 35.0 Å². The summed E-state index contributed by atoms with van der Waals surface area (Å²) < 4.78 is 14.0. The third kappa shape index (κ3) is 3.79. The van der Waals surface area contributed by atoms with Crippen molar-refractivity contribution in [2.24, 2.45) is 4.99 Å². The molecule has 1 aromatic heterocycles. The number of anilines is 1. The number of aromatic nitrogens is 2. The molecule has 0 radical (unpaired) electrons. The Morgan fingerprint density at radius 1 is 1.15 bits per heavy atom. The van der Waals surface area contributed by atoms with Gasteiger partial charge in [0.05, 0.1) is 11.4 Å². The quantitative estimate of drug-likeness (QED) is 0.691. The number of aliphatic imine (C=N–C) groups is 1. The van der Waals surface area contributed by atoms with E-state index in [1.807, 2.05) is 31.1 Å². The number of aromatic amines is 1. The van der Waals surface area contributed by atoms with Gasteiger partial charge in [-0.2, -0.15) is 0 Å². The molecular formula is C19H17FN4O3. The predicted molar refractivity (Wildman–Crippen MR) is 102 cm³/mol. The fraction of sp³-hybridized carbons (Fsp3) is 0.105. The third-order valence-corrected chi connectivity index (χ3v) is 3.89. The van der Waals surface area contributed by atoms with Crippen LogP contribution in [0.3, 0.4) is 0 Å². The molecule has 1 heterocycles. The molecule has 138 valence electrons. The predicted octanol–water partition coefficient (Wildman–Crippen LogP) is 2.19. The summed E-state index contributed by atoms with van der Waals surface area (Å²) in [5, 5.41) is 10.4. The van der Waals surface area contributed by atoms with E-state index in [2.05, 4.69) is 9.98 Å². The summed E-state index contributed by atoms with van der Waals surface area (Å²) in [6.07, 6.45) is 1.18. The summed E-state index contributed by atoms with van der Waals surface area (Å²) in [4.78, 5) is 32.4. The van der Waals surface area contributed by atoms with Crippen molar-refractivity contribution in [1.29, 1.82) is 0 Å². The van der Waals surface area contributed by atoms with Gasteiger partial charge in [0.15, 0.2) is 0 Å². The van der Waals surface area contributed by atoms with Crippen LogP contribution in [0.2, 0.25) is 0 Å². The van der Waals surface area contributed by atoms with Crippen LogP contribution >= 0.6 is 0 Å². The van der Waals surface area contributed by atoms with Crippen molar-refractivity contribution in [3.05, 3.63) is 80.7 Å². The molecule has 0 unspecified atom stereocenters. The average Bonchev–Trinajstić information content (AvgIpc) is 2.63. The van der Waals surface area contributed by atoms with Crippen LogP contribution in [0.15, 0.2) is 63.1 Å². The first-order valence-electron chi connectivity index (χ1n) is 8.02. The molecule has 2 aromatic carbocycles. The van der Waals surface area contributed by atoms with E-state index in [4.69, 9.17) is 0 Å². The standard InChI is InChI=1S/C19H17FN4O3/c1-23(2)15-5-3-4-13(10-15)21-11-16-17(25)22-19(27)24(18(16)26)14-8-6-12(20)7-9-14/h3-11,26H,1-2H3,(H,22,25,27). The van der Waals surface area contributed by atoms with E-state index in [1.54, 1.807) is 12.1 Å². The summed E-state index contributed by atoms with van der Waals surface area (Å²) in [5.41, 5.74) is -0.105. The first kappa shape index (κ1) is 18.1. The topological polar surface area (TPSA) is 90.7 Å². The van der Waals surface area contributed by atoms with Gasteiger partial charge in [0, 0.05) is 26.0 Å². The molecule has 8 heteroatoms. The van der Waals surface area contributed by atoms with E-state index in [0.717, 1.165) is 22.4 Å². The molecule has 3 rings (SSSR count). The first-order chi connectivity index (χ1) is 12.9. The Kier molecular flexibility index (Phi) is 4.89. The van der Waals surface area contributed by atoms with Crippen molar-refractivity contribution in [3.63, 3.8) is 0 Å². The Morgan fingerprint density at radius 3 is 2.52 bits per heavy atom. The number of H-pyrrole nitrogens is 1. The normalized spacial score (nSPS) is 11.1. The molecule has 0 aliphatic rings. The second-order valence-corrected chi connectivity index (χ2v) is 5.98. The van der Waals surface area contributed by atoms with Gasteiger partial charge in [0.25, 0.3) is 5.56 Å². The fourth-order valence-corrected chi connectivity index (χ4v) is 2.48. The number of hydrogen-bond donors (Lipinski definition) is 2. The Balaban J connectivity index is 2.07. The number of hydrogen-bond acceptors (Lipinski definition) is 5. The highest BCUT2D eigenvalue weighted by molar-refractivity contribution is 5.84. The van der Waals surface area contributed by atoms with Crippen LogP contribution in [0.25, 0.3) is 5.69 Å². The van der Waals surface area contributed by atoms with Crippen LogP contribution in [-0.2, 0) is 0 Å². The summed E-state index contributed by atoms with van der Waals surface area (Å²) >= 11 is 0. The number of benzene rings is 2. The van der Waals surface area contributed by atoms with Gasteiger partial charge in [0.1, 0.15) is 11.4 Å². The minimum Gasteiger partial charge on any atom is -0.493 e. The van der Waals surface area contributed by atoms with E-state index >= 15 is 0 Å². The number of halogens is 1. The highest BCUT2D eigenvalue weighted by atomic mass is 19.1. The molecule has 0 saturated heterocycles. The highest BCUT2D eigenvalue weighted by Crippen LogP contribution is 2.21. The highest BCUT2D eigenvalue weighted by Gasteiger charge is 2.14. The smallest absolute Gasteiger partial charge is 0.335 e. The molecule has 0 spiro atoms. The van der Waals surface area contributed by atoms with Gasteiger partial charge in [-0.3, -0.25) is 14.8 Å². The zero-order valence-corrected chi connectivity index (χ0v) is 14.7. The number of rotatable bonds is 4. The molecule has 7 nitrogen and oxygen atoms in total. The lowest BCUT2D eigenvalue weighted by Crippen LogP contribution is -2.31. The summed E-state index contributed by atoms with van der Waals surface area (Å²) in [6.45, 7) is 0. The Morgan fingerprint density at radius 2 is 1.85 bits per heavy atom. The summed E-state index contributed by atoms with van der Waals surface area (Å²) in [6, 6.07) is 12.2. The third-order valence-electron chi connectivity index (χ3n) is 3.89. The fourth-order valence-electron chi connectivity index (χ4n) is 2.48. The molecule has 0 bridgehead atoms. The van der Waals surface area contributed by atoms with Gasteiger partial charge in [0.2, 0.25) is 5.88 Å². The van der Waals surface area contributed by atoms with Gasteiger partial charge in [-0.15, -0.1) is 0 Å². The lowest BCUT2D eigenvalue weighted by Gasteiger charge is -2.12. The van der Waals surface area contributed by atoms with Gasteiger partial charge in [-0.05, 0) is 42.5 Å². The Bertz CT molecular complexity index is 1120. The van der Waals surface area contributed by atoms with Crippen molar-refractivity contribution in [3.8, 4) is 11.6 Å². The van der Waals surface area contributed by atoms with E-state index in [1.165, 1.54) is 18.3 Å². The van der Waals surface area contributed by atoms with Gasteiger partial charge >= 0.3 is 5.69 Å². The molecule has 0 atom stereocenters. The van der Waals surface area contributed by atoms with E-state index in [-0.39, 0.29) is 11.3 Å². The van der Waals surface area contributed by atoms with Gasteiger partial charge in [-0.25, -0.2) is 13.8 Å². The maximum atomic E-state index is 13.1. The number of aromatic hydroxyl groups is 1. The lowest BCUT2D eigenvalue weighted by molar-refractivity contribution is 0.430. The van der Waals surface area contributed by atoms with Crippen LogP contribution in [0.4, 0.5) is 15.8 Å². The summed E-state index contributed by atoms with van der Waals surface area (Å²) in [5.74, 6) is -1.07. The number of nitrogens with zero attached hydrogens (tertiary/aromatic N) is 3. The number of nitrogens with one attached hydrogen (secondary N) is 1. The first-order valence-corrected chi connectivity index (χ1v) is 8.02. The molecule has 3 aromatic rings. The molecular weight excluding hydrogens is 351 g/mol. The second-order valence-electron chi connectivity index (χ2n) is 5.98. The second kappa shape index (κ2) is 7.28. The molecule has 0 aliphatic carbocycles. The van der Waals surface area contributed by atoms with Gasteiger partial charge in [-0.1, -0.05) is 6.07 Å². The van der Waals surface area contributed by atoms with Crippen molar-refractivity contribution in [1.82, 2.24) is 9.55 Å².